The maximum absolute atomic E-state index is 11.8. The van der Waals surface area contributed by atoms with Crippen LogP contribution < -0.4 is 5.73 Å². The largest absolute Gasteiger partial charge is 0.508 e. The molecule has 0 aromatic heterocycles. The number of phenols is 1. The van der Waals surface area contributed by atoms with Crippen LogP contribution >= 0.6 is 0 Å². The molecule has 3 aromatic rings. The molecular formula is C23H25NO6S. The molecule has 0 aliphatic rings. The summed E-state index contributed by atoms with van der Waals surface area (Å²) in [7, 11) is -4.22. The minimum absolute atomic E-state index is 0.187. The molecule has 0 heterocycles. The molecule has 0 aliphatic carbocycles. The fourth-order valence-corrected chi connectivity index (χ4v) is 3.40. The molecule has 3 rings (SSSR count). The van der Waals surface area contributed by atoms with E-state index in [0.29, 0.717) is 12.0 Å². The number of rotatable bonds is 6. The van der Waals surface area contributed by atoms with Gasteiger partial charge in [0.1, 0.15) is 23.3 Å². The highest BCUT2D eigenvalue weighted by Crippen LogP contribution is 2.19. The molecule has 0 aliphatic heterocycles. The Morgan fingerprint density at radius 3 is 2.03 bits per heavy atom. The van der Waals surface area contributed by atoms with Crippen LogP contribution in [0.3, 0.4) is 0 Å². The predicted octanol–water partition coefficient (Wildman–Crippen LogP) is 3.25. The lowest BCUT2D eigenvalue weighted by Crippen LogP contribution is -2.34. The maximum Gasteiger partial charge on any atom is 0.323 e. The van der Waals surface area contributed by atoms with Gasteiger partial charge in [-0.1, -0.05) is 66.7 Å². The summed E-state index contributed by atoms with van der Waals surface area (Å²) in [6.07, 6.45) is 0.495. The zero-order valence-corrected chi connectivity index (χ0v) is 17.8. The molecule has 0 fully saturated rings. The van der Waals surface area contributed by atoms with E-state index in [9.17, 15) is 13.2 Å². The molecule has 31 heavy (non-hydrogen) atoms. The zero-order valence-electron chi connectivity index (χ0n) is 17.0. The first-order chi connectivity index (χ1) is 14.7. The first-order valence-corrected chi connectivity index (χ1v) is 10.9. The van der Waals surface area contributed by atoms with E-state index in [1.165, 1.54) is 19.1 Å². The molecule has 0 saturated heterocycles. The van der Waals surface area contributed by atoms with E-state index in [2.05, 4.69) is 0 Å². The predicted molar refractivity (Wildman–Crippen MR) is 117 cm³/mol. The molecule has 0 unspecified atom stereocenters. The Hall–Kier alpha value is -3.20. The van der Waals surface area contributed by atoms with Gasteiger partial charge in [-0.2, -0.15) is 8.42 Å². The van der Waals surface area contributed by atoms with Crippen LogP contribution in [0.25, 0.3) is 0 Å². The van der Waals surface area contributed by atoms with E-state index >= 15 is 0 Å². The van der Waals surface area contributed by atoms with Crippen LogP contribution in [-0.2, 0) is 32.7 Å². The fourth-order valence-electron chi connectivity index (χ4n) is 2.65. The van der Waals surface area contributed by atoms with Crippen LogP contribution in [0.15, 0.2) is 83.8 Å². The summed E-state index contributed by atoms with van der Waals surface area (Å²) in [6.45, 7) is 1.80. The van der Waals surface area contributed by atoms with E-state index < -0.39 is 16.2 Å². The van der Waals surface area contributed by atoms with Gasteiger partial charge >= 0.3 is 5.97 Å². The van der Waals surface area contributed by atoms with Gasteiger partial charge in [-0.25, -0.2) is 0 Å². The normalized spacial score (nSPS) is 11.7. The summed E-state index contributed by atoms with van der Waals surface area (Å²) in [4.78, 5) is 11.5. The Morgan fingerprint density at radius 2 is 1.52 bits per heavy atom. The first-order valence-electron chi connectivity index (χ1n) is 9.44. The van der Waals surface area contributed by atoms with E-state index in [4.69, 9.17) is 20.1 Å². The highest BCUT2D eigenvalue weighted by Gasteiger charge is 2.15. The quantitative estimate of drug-likeness (QED) is 0.394. The molecule has 1 atom stereocenters. The number of nitrogens with two attached hydrogens (primary N) is 1. The third kappa shape index (κ3) is 8.21. The topological polar surface area (TPSA) is 127 Å². The monoisotopic (exact) mass is 443 g/mol. The number of carbonyl (C=O) groups is 1. The van der Waals surface area contributed by atoms with Gasteiger partial charge in [0.05, 0.1) is 0 Å². The van der Waals surface area contributed by atoms with Gasteiger partial charge in [-0.05, 0) is 36.1 Å². The average Bonchev–Trinajstić information content (AvgIpc) is 2.75. The van der Waals surface area contributed by atoms with Crippen LogP contribution in [0.4, 0.5) is 0 Å². The second-order valence-electron chi connectivity index (χ2n) is 6.81. The van der Waals surface area contributed by atoms with Crippen molar-refractivity contribution in [3.05, 3.63) is 95.6 Å². The smallest absolute Gasteiger partial charge is 0.323 e. The summed E-state index contributed by atoms with van der Waals surface area (Å²) >= 11 is 0. The van der Waals surface area contributed by atoms with Crippen molar-refractivity contribution in [1.29, 1.82) is 0 Å². The average molecular weight is 444 g/mol. The SMILES string of the molecule is Cc1ccc(O)cc1S(=O)(=O)O.N[C@@H](Cc1ccccc1)C(=O)OCc1ccccc1. The van der Waals surface area contributed by atoms with E-state index in [0.717, 1.165) is 17.2 Å². The molecule has 7 nitrogen and oxygen atoms in total. The summed E-state index contributed by atoms with van der Waals surface area (Å²) in [5, 5.41) is 8.93. The van der Waals surface area contributed by atoms with E-state index in [1.807, 2.05) is 60.7 Å². The van der Waals surface area contributed by atoms with Crippen LogP contribution in [-0.4, -0.2) is 30.1 Å². The van der Waals surface area contributed by atoms with Crippen LogP contribution in [0.2, 0.25) is 0 Å². The third-order valence-corrected chi connectivity index (χ3v) is 5.27. The summed E-state index contributed by atoms with van der Waals surface area (Å²) < 4.78 is 35.2. The number of esters is 1. The number of hydrogen-bond donors (Lipinski definition) is 3. The van der Waals surface area contributed by atoms with Crippen LogP contribution in [0, 0.1) is 6.92 Å². The molecule has 164 valence electrons. The van der Waals surface area contributed by atoms with Gasteiger partial charge < -0.3 is 15.6 Å². The zero-order chi connectivity index (χ0) is 22.9. The number of aromatic hydroxyl groups is 1. The lowest BCUT2D eigenvalue weighted by Gasteiger charge is -2.11. The summed E-state index contributed by atoms with van der Waals surface area (Å²) in [6, 6.07) is 22.4. The highest BCUT2D eigenvalue weighted by atomic mass is 32.2. The van der Waals surface area contributed by atoms with Crippen molar-refractivity contribution in [2.45, 2.75) is 30.9 Å². The standard InChI is InChI=1S/C16H17NO2.C7H8O4S/c17-15(11-13-7-3-1-4-8-13)16(18)19-12-14-9-5-2-6-10-14;1-5-2-3-6(8)4-7(5)12(9,10)11/h1-10,15H,11-12,17H2;2-4,8H,1H3,(H,9,10,11)/t15-;/m0./s1. The van der Waals surface area contributed by atoms with Gasteiger partial charge in [0.2, 0.25) is 0 Å². The summed E-state index contributed by atoms with van der Waals surface area (Å²) in [5.41, 5.74) is 8.23. The minimum atomic E-state index is -4.22. The fraction of sp³-hybridized carbons (Fsp3) is 0.174. The van der Waals surface area contributed by atoms with Crippen molar-refractivity contribution in [2.75, 3.05) is 0 Å². The van der Waals surface area contributed by atoms with Crippen molar-refractivity contribution >= 4 is 16.1 Å². The Labute approximate surface area is 181 Å². The van der Waals surface area contributed by atoms with Gasteiger partial charge in [-0.15, -0.1) is 0 Å². The van der Waals surface area contributed by atoms with Crippen molar-refractivity contribution in [2.24, 2.45) is 5.73 Å². The van der Waals surface area contributed by atoms with Crippen molar-refractivity contribution in [3.8, 4) is 5.75 Å². The van der Waals surface area contributed by atoms with Crippen molar-refractivity contribution in [1.82, 2.24) is 0 Å². The van der Waals surface area contributed by atoms with Crippen LogP contribution in [0.5, 0.6) is 5.75 Å². The Balaban J connectivity index is 0.000000245. The second-order valence-corrected chi connectivity index (χ2v) is 8.20. The minimum Gasteiger partial charge on any atom is -0.508 e. The number of aryl methyl sites for hydroxylation is 1. The van der Waals surface area contributed by atoms with Gasteiger partial charge in [0.15, 0.2) is 0 Å². The lowest BCUT2D eigenvalue weighted by atomic mass is 10.1. The van der Waals surface area contributed by atoms with Crippen molar-refractivity contribution < 1.29 is 27.6 Å². The molecule has 0 bridgehead atoms. The van der Waals surface area contributed by atoms with Crippen LogP contribution in [0.1, 0.15) is 16.7 Å². The van der Waals surface area contributed by atoms with E-state index in [-0.39, 0.29) is 23.2 Å². The lowest BCUT2D eigenvalue weighted by molar-refractivity contribution is -0.146. The molecule has 0 saturated carbocycles. The Bertz CT molecular complexity index is 1090. The number of benzene rings is 3. The molecule has 4 N–H and O–H groups in total. The van der Waals surface area contributed by atoms with Gasteiger partial charge in [-0.3, -0.25) is 9.35 Å². The summed E-state index contributed by atoms with van der Waals surface area (Å²) in [5.74, 6) is -0.555. The molecule has 0 radical (unpaired) electrons. The third-order valence-electron chi connectivity index (χ3n) is 4.27. The van der Waals surface area contributed by atoms with E-state index in [1.54, 1.807) is 0 Å². The molecule has 8 heteroatoms. The molecule has 3 aromatic carbocycles. The number of ether oxygens (including phenoxy) is 1. The molecular weight excluding hydrogens is 418 g/mol. The number of hydrogen-bond acceptors (Lipinski definition) is 6. The maximum atomic E-state index is 11.8. The number of phenolic OH excluding ortho intramolecular Hbond substituents is 1. The van der Waals surface area contributed by atoms with Gasteiger partial charge in [0, 0.05) is 6.07 Å². The van der Waals surface area contributed by atoms with Gasteiger partial charge in [0.25, 0.3) is 10.1 Å². The van der Waals surface area contributed by atoms with Crippen molar-refractivity contribution in [3.63, 3.8) is 0 Å². The second kappa shape index (κ2) is 11.3. The molecule has 0 amide bonds. The first kappa shape index (κ1) is 24.1. The Kier molecular flexibility index (Phi) is 8.75. The molecule has 0 spiro atoms. The number of carbonyl (C=O) groups excluding carboxylic acids is 1. The Morgan fingerprint density at radius 1 is 0.968 bits per heavy atom. The highest BCUT2D eigenvalue weighted by molar-refractivity contribution is 7.85.